The van der Waals surface area contributed by atoms with Crippen molar-refractivity contribution in [1.82, 2.24) is 5.43 Å². The van der Waals surface area contributed by atoms with Crippen molar-refractivity contribution in [2.45, 2.75) is 0 Å². The maximum absolute atomic E-state index is 11.9. The van der Waals surface area contributed by atoms with Gasteiger partial charge in [0, 0.05) is 16.1 Å². The highest BCUT2D eigenvalue weighted by atomic mass is 79.9. The lowest BCUT2D eigenvalue weighted by Gasteiger charge is -2.03. The molecule has 0 bridgehead atoms. The van der Waals surface area contributed by atoms with Gasteiger partial charge in [0.2, 0.25) is 0 Å². The van der Waals surface area contributed by atoms with Gasteiger partial charge in [-0.3, -0.25) is 14.9 Å². The van der Waals surface area contributed by atoms with Crippen LogP contribution in [0.25, 0.3) is 0 Å². The summed E-state index contributed by atoms with van der Waals surface area (Å²) in [5.74, 6) is -0.813. The Morgan fingerprint density at radius 3 is 2.78 bits per heavy atom. The molecule has 0 aliphatic heterocycles. The Bertz CT molecular complexity index is 811. The highest BCUT2D eigenvalue weighted by Gasteiger charge is 2.13. The number of rotatable bonds is 4. The number of phenolic OH excluding ortho intramolecular Hbond substituents is 1. The number of carbonyl (C=O) groups is 1. The Morgan fingerprint density at radius 2 is 2.09 bits per heavy atom. The number of nitro benzene ring substituents is 1. The highest BCUT2D eigenvalue weighted by molar-refractivity contribution is 9.10. The summed E-state index contributed by atoms with van der Waals surface area (Å²) in [7, 11) is 0. The summed E-state index contributed by atoms with van der Waals surface area (Å²) in [5, 5.41) is 24.1. The van der Waals surface area contributed by atoms with E-state index in [1.807, 2.05) is 0 Å². The van der Waals surface area contributed by atoms with Crippen molar-refractivity contribution in [2.24, 2.45) is 5.10 Å². The molecule has 2 N–H and O–H groups in total. The van der Waals surface area contributed by atoms with Gasteiger partial charge in [-0.05, 0) is 24.3 Å². The normalized spacial score (nSPS) is 10.7. The highest BCUT2D eigenvalue weighted by Crippen LogP contribution is 2.24. The monoisotopic (exact) mass is 397 g/mol. The second kappa shape index (κ2) is 7.21. The van der Waals surface area contributed by atoms with Crippen LogP contribution in [0.5, 0.6) is 5.75 Å². The molecule has 0 saturated heterocycles. The molecule has 2 aromatic rings. The number of benzene rings is 2. The first-order valence-electron chi connectivity index (χ1n) is 6.14. The molecule has 0 aliphatic carbocycles. The molecule has 0 spiro atoms. The Hall–Kier alpha value is -2.45. The molecule has 7 nitrogen and oxygen atoms in total. The topological polar surface area (TPSA) is 105 Å². The molecule has 0 radical (unpaired) electrons. The van der Waals surface area contributed by atoms with Gasteiger partial charge in [0.25, 0.3) is 11.6 Å². The molecule has 0 heterocycles. The number of carbonyl (C=O) groups excluding carboxylic acids is 1. The molecule has 9 heteroatoms. The SMILES string of the molecule is O=C(N/N=C/c1ccc(Cl)c([N+](=O)[O-])c1)c1cc(Br)ccc1O. The van der Waals surface area contributed by atoms with Crippen molar-refractivity contribution in [1.29, 1.82) is 0 Å². The molecule has 1 amide bonds. The fourth-order valence-electron chi connectivity index (χ4n) is 1.67. The summed E-state index contributed by atoms with van der Waals surface area (Å²) in [6, 6.07) is 8.50. The quantitative estimate of drug-likeness (QED) is 0.467. The van der Waals surface area contributed by atoms with Crippen LogP contribution < -0.4 is 5.43 Å². The van der Waals surface area contributed by atoms with Crippen LogP contribution in [0.2, 0.25) is 5.02 Å². The van der Waals surface area contributed by atoms with Crippen molar-refractivity contribution in [3.8, 4) is 5.75 Å². The molecule has 118 valence electrons. The molecule has 2 rings (SSSR count). The van der Waals surface area contributed by atoms with Gasteiger partial charge in [0.05, 0.1) is 16.7 Å². The first-order valence-corrected chi connectivity index (χ1v) is 7.31. The third kappa shape index (κ3) is 4.27. The van der Waals surface area contributed by atoms with Crippen LogP contribution in [0.15, 0.2) is 46.0 Å². The van der Waals surface area contributed by atoms with Crippen LogP contribution in [0, 0.1) is 10.1 Å². The number of halogens is 2. The summed E-state index contributed by atoms with van der Waals surface area (Å²) in [6.45, 7) is 0. The third-order valence-electron chi connectivity index (χ3n) is 2.75. The summed E-state index contributed by atoms with van der Waals surface area (Å²) in [5.41, 5.74) is 2.40. The standard InChI is InChI=1S/C14H9BrClN3O4/c15-9-2-4-13(20)10(6-9)14(21)18-17-7-8-1-3-11(16)12(5-8)19(22)23/h1-7,20H,(H,18,21)/b17-7+. The average Bonchev–Trinajstić information content (AvgIpc) is 2.51. The van der Waals surface area contributed by atoms with E-state index >= 15 is 0 Å². The van der Waals surface area contributed by atoms with Gasteiger partial charge >= 0.3 is 0 Å². The van der Waals surface area contributed by atoms with Gasteiger partial charge < -0.3 is 5.11 Å². The van der Waals surface area contributed by atoms with E-state index in [-0.39, 0.29) is 22.0 Å². The van der Waals surface area contributed by atoms with E-state index in [1.54, 1.807) is 6.07 Å². The molecule has 0 aromatic heterocycles. The smallest absolute Gasteiger partial charge is 0.288 e. The molecule has 0 aliphatic rings. The van der Waals surface area contributed by atoms with Gasteiger partial charge in [0.15, 0.2) is 0 Å². The van der Waals surface area contributed by atoms with E-state index in [4.69, 9.17) is 11.6 Å². The van der Waals surface area contributed by atoms with Crippen LogP contribution in [-0.2, 0) is 0 Å². The predicted octanol–water partition coefficient (Wildman–Crippen LogP) is 3.48. The van der Waals surface area contributed by atoms with E-state index in [2.05, 4.69) is 26.5 Å². The summed E-state index contributed by atoms with van der Waals surface area (Å²) in [4.78, 5) is 22.1. The summed E-state index contributed by atoms with van der Waals surface area (Å²) in [6.07, 6.45) is 1.23. The zero-order chi connectivity index (χ0) is 17.0. The second-order valence-electron chi connectivity index (χ2n) is 4.33. The zero-order valence-corrected chi connectivity index (χ0v) is 13.7. The minimum atomic E-state index is -0.622. The predicted molar refractivity (Wildman–Crippen MR) is 89.0 cm³/mol. The van der Waals surface area contributed by atoms with Gasteiger partial charge in [-0.2, -0.15) is 5.10 Å². The minimum Gasteiger partial charge on any atom is -0.507 e. The van der Waals surface area contributed by atoms with E-state index in [1.165, 1.54) is 36.5 Å². The number of nitrogens with zero attached hydrogens (tertiary/aromatic N) is 2. The molecule has 23 heavy (non-hydrogen) atoms. The maximum atomic E-state index is 11.9. The third-order valence-corrected chi connectivity index (χ3v) is 3.56. The van der Waals surface area contributed by atoms with Crippen molar-refractivity contribution in [3.63, 3.8) is 0 Å². The van der Waals surface area contributed by atoms with Gasteiger partial charge in [0.1, 0.15) is 10.8 Å². The first kappa shape index (κ1) is 16.9. The molecule has 0 unspecified atom stereocenters. The largest absolute Gasteiger partial charge is 0.507 e. The lowest BCUT2D eigenvalue weighted by Crippen LogP contribution is -2.17. The number of hydrogen-bond acceptors (Lipinski definition) is 5. The summed E-state index contributed by atoms with van der Waals surface area (Å²) < 4.78 is 0.623. The van der Waals surface area contributed by atoms with Crippen LogP contribution in [-0.4, -0.2) is 22.2 Å². The average molecular weight is 399 g/mol. The number of aromatic hydroxyl groups is 1. The fraction of sp³-hybridized carbons (Fsp3) is 0. The Morgan fingerprint density at radius 1 is 1.35 bits per heavy atom. The van der Waals surface area contributed by atoms with Gasteiger partial charge in [-0.1, -0.05) is 33.6 Å². The van der Waals surface area contributed by atoms with Gasteiger partial charge in [-0.15, -0.1) is 0 Å². The lowest BCUT2D eigenvalue weighted by atomic mass is 10.2. The summed E-state index contributed by atoms with van der Waals surface area (Å²) >= 11 is 8.89. The van der Waals surface area contributed by atoms with Crippen molar-refractivity contribution < 1.29 is 14.8 Å². The van der Waals surface area contributed by atoms with Crippen LogP contribution in [0.4, 0.5) is 5.69 Å². The molecule has 0 atom stereocenters. The second-order valence-corrected chi connectivity index (χ2v) is 5.65. The van der Waals surface area contributed by atoms with Crippen molar-refractivity contribution >= 4 is 45.3 Å². The van der Waals surface area contributed by atoms with Crippen molar-refractivity contribution in [3.05, 3.63) is 67.1 Å². The zero-order valence-electron chi connectivity index (χ0n) is 11.4. The molecule has 0 saturated carbocycles. The van der Waals surface area contributed by atoms with E-state index in [9.17, 15) is 20.0 Å². The van der Waals surface area contributed by atoms with E-state index in [0.717, 1.165) is 0 Å². The Kier molecular flexibility index (Phi) is 5.30. The van der Waals surface area contributed by atoms with Crippen molar-refractivity contribution in [2.75, 3.05) is 0 Å². The number of hydrazone groups is 1. The van der Waals surface area contributed by atoms with Crippen LogP contribution in [0.3, 0.4) is 0 Å². The van der Waals surface area contributed by atoms with Crippen LogP contribution in [0.1, 0.15) is 15.9 Å². The number of amides is 1. The van der Waals surface area contributed by atoms with Crippen LogP contribution >= 0.6 is 27.5 Å². The number of nitro groups is 1. The minimum absolute atomic E-state index is 0.00948. The number of nitrogens with one attached hydrogen (secondary N) is 1. The number of hydrogen-bond donors (Lipinski definition) is 2. The van der Waals surface area contributed by atoms with Gasteiger partial charge in [-0.25, -0.2) is 5.43 Å². The first-order chi connectivity index (χ1) is 10.9. The Balaban J connectivity index is 2.13. The Labute approximate surface area is 143 Å². The molecule has 2 aromatic carbocycles. The molecular formula is C14H9BrClN3O4. The lowest BCUT2D eigenvalue weighted by molar-refractivity contribution is -0.384. The van der Waals surface area contributed by atoms with E-state index < -0.39 is 10.8 Å². The molecule has 0 fully saturated rings. The maximum Gasteiger partial charge on any atom is 0.288 e. The molecular weight excluding hydrogens is 390 g/mol. The number of phenols is 1. The fourth-order valence-corrected chi connectivity index (χ4v) is 2.21. The van der Waals surface area contributed by atoms with E-state index in [0.29, 0.717) is 10.0 Å².